The van der Waals surface area contributed by atoms with E-state index < -0.39 is 0 Å². The molecule has 0 radical (unpaired) electrons. The molecule has 4 rings (SSSR count). The molecule has 9 heteroatoms. The first-order valence-corrected chi connectivity index (χ1v) is 7.53. The van der Waals surface area contributed by atoms with E-state index in [9.17, 15) is 0 Å². The summed E-state index contributed by atoms with van der Waals surface area (Å²) in [7, 11) is 2.07. The summed E-state index contributed by atoms with van der Waals surface area (Å²) in [6.07, 6.45) is 3.55. The first-order valence-electron chi connectivity index (χ1n) is 7.53. The molecule has 1 saturated heterocycles. The lowest BCUT2D eigenvalue weighted by molar-refractivity contribution is 0.190. The maximum atomic E-state index is 5.42. The van der Waals surface area contributed by atoms with Crippen LogP contribution in [0, 0.1) is 0 Å². The number of nitrogens with zero attached hydrogens (tertiary/aromatic N) is 6. The molecular formula is C15H18ClN7O. The second-order valence-electron chi connectivity index (χ2n) is 5.49. The third-order valence-electron chi connectivity index (χ3n) is 3.94. The number of likely N-dealkylation sites (N-methyl/N-ethyl adjacent to an activating group) is 1. The number of pyridine rings is 1. The van der Waals surface area contributed by atoms with E-state index in [2.05, 4.69) is 37.5 Å². The van der Waals surface area contributed by atoms with E-state index in [-0.39, 0.29) is 18.4 Å². The average molecular weight is 348 g/mol. The molecule has 1 unspecified atom stereocenters. The molecule has 0 spiro atoms. The van der Waals surface area contributed by atoms with Crippen LogP contribution in [0.1, 0.15) is 11.9 Å². The van der Waals surface area contributed by atoms with E-state index >= 15 is 0 Å². The van der Waals surface area contributed by atoms with Gasteiger partial charge in [0.05, 0.1) is 6.04 Å². The van der Waals surface area contributed by atoms with Crippen LogP contribution in [-0.2, 0) is 0 Å². The van der Waals surface area contributed by atoms with Gasteiger partial charge in [-0.3, -0.25) is 4.90 Å². The molecule has 1 aliphatic heterocycles. The van der Waals surface area contributed by atoms with Crippen LogP contribution in [0.5, 0.6) is 0 Å². The summed E-state index contributed by atoms with van der Waals surface area (Å²) in [5, 5.41) is 11.7. The summed E-state index contributed by atoms with van der Waals surface area (Å²) in [5.74, 6) is 1.82. The zero-order valence-electron chi connectivity index (χ0n) is 13.2. The molecule has 0 aliphatic carbocycles. The van der Waals surface area contributed by atoms with Crippen molar-refractivity contribution in [2.75, 3.05) is 26.7 Å². The molecule has 126 valence electrons. The predicted octanol–water partition coefficient (Wildman–Crippen LogP) is 1.32. The molecule has 24 heavy (non-hydrogen) atoms. The molecule has 0 bridgehead atoms. The Kier molecular flexibility index (Phi) is 4.89. The van der Waals surface area contributed by atoms with Crippen LogP contribution < -0.4 is 5.32 Å². The average Bonchev–Trinajstić information content (AvgIpc) is 3.27. The highest BCUT2D eigenvalue weighted by molar-refractivity contribution is 5.85. The highest BCUT2D eigenvalue weighted by Crippen LogP contribution is 2.22. The van der Waals surface area contributed by atoms with Crippen molar-refractivity contribution in [1.82, 2.24) is 35.1 Å². The van der Waals surface area contributed by atoms with Gasteiger partial charge in [-0.25, -0.2) is 9.67 Å². The maximum Gasteiger partial charge on any atom is 0.276 e. The van der Waals surface area contributed by atoms with Gasteiger partial charge in [-0.05, 0) is 25.2 Å². The fourth-order valence-corrected chi connectivity index (χ4v) is 2.64. The number of nitrogens with one attached hydrogen (secondary N) is 1. The minimum atomic E-state index is 0. The van der Waals surface area contributed by atoms with E-state index in [1.54, 1.807) is 10.9 Å². The van der Waals surface area contributed by atoms with E-state index in [0.717, 1.165) is 19.6 Å². The molecule has 0 aromatic carbocycles. The molecule has 0 saturated carbocycles. The second-order valence-corrected chi connectivity index (χ2v) is 5.49. The Hall–Kier alpha value is -2.29. The number of rotatable bonds is 3. The van der Waals surface area contributed by atoms with E-state index in [0.29, 0.717) is 23.2 Å². The molecule has 1 fully saturated rings. The Morgan fingerprint density at radius 1 is 1.25 bits per heavy atom. The third-order valence-corrected chi connectivity index (χ3v) is 3.94. The van der Waals surface area contributed by atoms with Crippen molar-refractivity contribution in [2.45, 2.75) is 6.04 Å². The molecule has 1 aliphatic rings. The molecule has 0 amide bonds. The Labute approximate surface area is 145 Å². The van der Waals surface area contributed by atoms with Crippen LogP contribution in [0.25, 0.3) is 17.4 Å². The topological polar surface area (TPSA) is 84.9 Å². The van der Waals surface area contributed by atoms with Crippen LogP contribution in [0.3, 0.4) is 0 Å². The first-order chi connectivity index (χ1) is 11.3. The zero-order valence-corrected chi connectivity index (χ0v) is 14.0. The smallest absolute Gasteiger partial charge is 0.276 e. The molecule has 3 aromatic heterocycles. The van der Waals surface area contributed by atoms with Crippen molar-refractivity contribution in [3.8, 4) is 17.4 Å². The van der Waals surface area contributed by atoms with E-state index in [4.69, 9.17) is 4.52 Å². The van der Waals surface area contributed by atoms with Gasteiger partial charge in [-0.15, -0.1) is 12.4 Å². The molecule has 1 N–H and O–H groups in total. The van der Waals surface area contributed by atoms with Gasteiger partial charge in [0, 0.05) is 32.0 Å². The minimum absolute atomic E-state index is 0. The quantitative estimate of drug-likeness (QED) is 0.764. The highest BCUT2D eigenvalue weighted by Gasteiger charge is 2.25. The summed E-state index contributed by atoms with van der Waals surface area (Å²) >= 11 is 0. The third kappa shape index (κ3) is 3.16. The van der Waals surface area contributed by atoms with Crippen molar-refractivity contribution in [3.63, 3.8) is 0 Å². The fourth-order valence-electron chi connectivity index (χ4n) is 2.64. The monoisotopic (exact) mass is 347 g/mol. The summed E-state index contributed by atoms with van der Waals surface area (Å²) in [6.45, 7) is 2.75. The molecular weight excluding hydrogens is 330 g/mol. The molecule has 8 nitrogen and oxygen atoms in total. The fraction of sp³-hybridized carbons (Fsp3) is 0.333. The van der Waals surface area contributed by atoms with Gasteiger partial charge >= 0.3 is 0 Å². The van der Waals surface area contributed by atoms with Crippen LogP contribution in [0.15, 0.2) is 41.2 Å². The van der Waals surface area contributed by atoms with Gasteiger partial charge in [-0.1, -0.05) is 11.2 Å². The van der Waals surface area contributed by atoms with Gasteiger partial charge in [0.1, 0.15) is 5.69 Å². The SMILES string of the molecule is CN1CCNCC1c1noc(-c2cccc(-n3cccn3)n2)n1.Cl. The lowest BCUT2D eigenvalue weighted by Gasteiger charge is -2.30. The van der Waals surface area contributed by atoms with Gasteiger partial charge in [0.25, 0.3) is 5.89 Å². The Morgan fingerprint density at radius 2 is 2.17 bits per heavy atom. The van der Waals surface area contributed by atoms with Crippen LogP contribution in [0.2, 0.25) is 0 Å². The van der Waals surface area contributed by atoms with E-state index in [1.807, 2.05) is 30.5 Å². The van der Waals surface area contributed by atoms with Crippen molar-refractivity contribution in [3.05, 3.63) is 42.5 Å². The summed E-state index contributed by atoms with van der Waals surface area (Å²) in [4.78, 5) is 11.3. The van der Waals surface area contributed by atoms with Gasteiger partial charge in [0.15, 0.2) is 11.6 Å². The predicted molar refractivity (Wildman–Crippen MR) is 90.1 cm³/mol. The zero-order chi connectivity index (χ0) is 15.6. The number of piperazine rings is 1. The van der Waals surface area contributed by atoms with Crippen LogP contribution >= 0.6 is 12.4 Å². The standard InChI is InChI=1S/C15H17N7O.ClH/c1-21-9-7-16-10-12(21)14-19-15(23-20-14)11-4-2-5-13(18-11)22-8-3-6-17-22;/h2-6,8,12,16H,7,9-10H2,1H3;1H. The lowest BCUT2D eigenvalue weighted by Crippen LogP contribution is -2.44. The molecule has 1 atom stereocenters. The van der Waals surface area contributed by atoms with Crippen molar-refractivity contribution >= 4 is 12.4 Å². The molecule has 4 heterocycles. The van der Waals surface area contributed by atoms with Crippen molar-refractivity contribution in [2.24, 2.45) is 0 Å². The largest absolute Gasteiger partial charge is 0.332 e. The summed E-state index contributed by atoms with van der Waals surface area (Å²) in [5.41, 5.74) is 0.642. The first kappa shape index (κ1) is 16.6. The minimum Gasteiger partial charge on any atom is -0.332 e. The van der Waals surface area contributed by atoms with Crippen LogP contribution in [0.4, 0.5) is 0 Å². The number of hydrogen-bond acceptors (Lipinski definition) is 7. The summed E-state index contributed by atoms with van der Waals surface area (Å²) < 4.78 is 7.11. The Balaban J connectivity index is 0.00000169. The van der Waals surface area contributed by atoms with Crippen molar-refractivity contribution in [1.29, 1.82) is 0 Å². The van der Waals surface area contributed by atoms with E-state index in [1.165, 1.54) is 0 Å². The number of aromatic nitrogens is 5. The number of halogens is 1. The highest BCUT2D eigenvalue weighted by atomic mass is 35.5. The Morgan fingerprint density at radius 3 is 2.96 bits per heavy atom. The summed E-state index contributed by atoms with van der Waals surface area (Å²) in [6, 6.07) is 7.61. The van der Waals surface area contributed by atoms with Crippen molar-refractivity contribution < 1.29 is 4.52 Å². The van der Waals surface area contributed by atoms with Gasteiger partial charge in [0.2, 0.25) is 0 Å². The molecule has 3 aromatic rings. The normalized spacial score (nSPS) is 18.3. The lowest BCUT2D eigenvalue weighted by atomic mass is 10.2. The Bertz CT molecular complexity index is 789. The van der Waals surface area contributed by atoms with Gasteiger partial charge < -0.3 is 9.84 Å². The van der Waals surface area contributed by atoms with Crippen LogP contribution in [-0.4, -0.2) is 56.5 Å². The van der Waals surface area contributed by atoms with Gasteiger partial charge in [-0.2, -0.15) is 10.1 Å². The second kappa shape index (κ2) is 7.08. The number of hydrogen-bond donors (Lipinski definition) is 1. The maximum absolute atomic E-state index is 5.42.